The first kappa shape index (κ1) is 15.6. The van der Waals surface area contributed by atoms with Crippen LogP contribution in [0.4, 0.5) is 0 Å². The fraction of sp³-hybridized carbons (Fsp3) is 0.222. The van der Waals surface area contributed by atoms with E-state index >= 15 is 0 Å². The first-order valence-corrected chi connectivity index (χ1v) is 8.46. The summed E-state index contributed by atoms with van der Waals surface area (Å²) < 4.78 is 7.44. The monoisotopic (exact) mass is 325 g/mol. The van der Waals surface area contributed by atoms with Crippen LogP contribution >= 0.6 is 11.8 Å². The highest BCUT2D eigenvalue weighted by atomic mass is 32.2. The van der Waals surface area contributed by atoms with Crippen LogP contribution in [0, 0.1) is 0 Å². The molecular weight excluding hydrogens is 306 g/mol. The molecule has 0 bridgehead atoms. The predicted molar refractivity (Wildman–Crippen MR) is 93.2 cm³/mol. The van der Waals surface area contributed by atoms with Gasteiger partial charge in [0.1, 0.15) is 12.1 Å². The van der Waals surface area contributed by atoms with Gasteiger partial charge in [-0.15, -0.1) is 10.2 Å². The van der Waals surface area contributed by atoms with E-state index in [1.165, 1.54) is 5.56 Å². The number of thioether (sulfide) groups is 1. The van der Waals surface area contributed by atoms with Crippen molar-refractivity contribution in [1.82, 2.24) is 14.8 Å². The third-order valence-corrected chi connectivity index (χ3v) is 5.03. The number of hydrogen-bond donors (Lipinski definition) is 0. The Morgan fingerprint density at radius 2 is 1.83 bits per heavy atom. The second-order valence-corrected chi connectivity index (χ2v) is 6.25. The number of methoxy groups -OCH3 is 1. The summed E-state index contributed by atoms with van der Waals surface area (Å²) in [5.41, 5.74) is 2.25. The van der Waals surface area contributed by atoms with E-state index in [1.54, 1.807) is 25.2 Å². The summed E-state index contributed by atoms with van der Waals surface area (Å²) in [4.78, 5) is 0. The summed E-state index contributed by atoms with van der Waals surface area (Å²) in [6.07, 6.45) is 2.76. The van der Waals surface area contributed by atoms with Crippen LogP contribution in [0.15, 0.2) is 66.1 Å². The van der Waals surface area contributed by atoms with Crippen LogP contribution in [0.3, 0.4) is 0 Å². The molecule has 3 rings (SSSR count). The molecule has 0 N–H and O–H groups in total. The third-order valence-electron chi connectivity index (χ3n) is 3.65. The molecule has 4 nitrogen and oxygen atoms in total. The minimum Gasteiger partial charge on any atom is -0.495 e. The van der Waals surface area contributed by atoms with Gasteiger partial charge in [0.05, 0.1) is 12.8 Å². The lowest BCUT2D eigenvalue weighted by Gasteiger charge is -2.16. The number of ether oxygens (including phenoxy) is 1. The fourth-order valence-corrected chi connectivity index (χ4v) is 3.55. The average molecular weight is 325 g/mol. The topological polar surface area (TPSA) is 39.9 Å². The first-order chi connectivity index (χ1) is 11.3. The van der Waals surface area contributed by atoms with Crippen LogP contribution in [0.1, 0.15) is 24.2 Å². The normalized spacial score (nSPS) is 12.1. The molecule has 0 aliphatic rings. The molecule has 118 valence electrons. The largest absolute Gasteiger partial charge is 0.495 e. The summed E-state index contributed by atoms with van der Waals surface area (Å²) in [6, 6.07) is 18.4. The van der Waals surface area contributed by atoms with Gasteiger partial charge in [-0.25, -0.2) is 0 Å². The van der Waals surface area contributed by atoms with Crippen molar-refractivity contribution in [3.8, 4) is 11.4 Å². The number of hydrogen-bond acceptors (Lipinski definition) is 4. The highest BCUT2D eigenvalue weighted by Gasteiger charge is 2.17. The summed E-state index contributed by atoms with van der Waals surface area (Å²) in [5, 5.41) is 9.60. The van der Waals surface area contributed by atoms with Crippen molar-refractivity contribution in [3.63, 3.8) is 0 Å². The van der Waals surface area contributed by atoms with E-state index in [0.29, 0.717) is 5.25 Å². The lowest BCUT2D eigenvalue weighted by Crippen LogP contribution is -2.00. The molecule has 1 heterocycles. The van der Waals surface area contributed by atoms with Gasteiger partial charge < -0.3 is 4.74 Å². The summed E-state index contributed by atoms with van der Waals surface area (Å²) in [6.45, 7) is 2.19. The van der Waals surface area contributed by atoms with E-state index in [-0.39, 0.29) is 0 Å². The second kappa shape index (κ2) is 7.33. The lowest BCUT2D eigenvalue weighted by molar-refractivity contribution is 0.412. The summed E-state index contributed by atoms with van der Waals surface area (Å²) in [7, 11) is 1.68. The Morgan fingerprint density at radius 1 is 1.09 bits per heavy atom. The molecule has 0 fully saturated rings. The van der Waals surface area contributed by atoms with Crippen molar-refractivity contribution in [3.05, 3.63) is 66.5 Å². The Morgan fingerprint density at radius 3 is 2.57 bits per heavy atom. The maximum Gasteiger partial charge on any atom is 0.196 e. The van der Waals surface area contributed by atoms with Gasteiger partial charge in [0.15, 0.2) is 5.16 Å². The van der Waals surface area contributed by atoms with Crippen molar-refractivity contribution in [1.29, 1.82) is 0 Å². The van der Waals surface area contributed by atoms with E-state index < -0.39 is 0 Å². The van der Waals surface area contributed by atoms with Crippen molar-refractivity contribution < 1.29 is 4.74 Å². The number of aromatic nitrogens is 3. The molecule has 0 saturated carbocycles. The van der Waals surface area contributed by atoms with E-state index in [9.17, 15) is 0 Å². The van der Waals surface area contributed by atoms with Crippen LogP contribution in [0.25, 0.3) is 5.69 Å². The van der Waals surface area contributed by atoms with Crippen LogP contribution in [0.5, 0.6) is 5.75 Å². The van der Waals surface area contributed by atoms with Crippen LogP contribution in [-0.4, -0.2) is 21.9 Å². The Balaban J connectivity index is 1.92. The molecule has 0 aliphatic carbocycles. The number of rotatable bonds is 6. The average Bonchev–Trinajstić information content (AvgIpc) is 3.08. The van der Waals surface area contributed by atoms with Gasteiger partial charge in [0.25, 0.3) is 0 Å². The Bertz CT molecular complexity index is 758. The van der Waals surface area contributed by atoms with Crippen LogP contribution in [-0.2, 0) is 0 Å². The highest BCUT2D eigenvalue weighted by Crippen LogP contribution is 2.38. The van der Waals surface area contributed by atoms with Gasteiger partial charge in [-0.1, -0.05) is 61.2 Å². The molecule has 0 saturated heterocycles. The van der Waals surface area contributed by atoms with Gasteiger partial charge in [0, 0.05) is 5.25 Å². The molecule has 23 heavy (non-hydrogen) atoms. The molecule has 1 atom stereocenters. The van der Waals surface area contributed by atoms with Crippen LogP contribution < -0.4 is 4.74 Å². The van der Waals surface area contributed by atoms with E-state index in [4.69, 9.17) is 4.74 Å². The molecule has 0 aliphatic heterocycles. The SMILES string of the molecule is CC[C@H](Sc1nncn1-c1ccccc1OC)c1ccccc1. The van der Waals surface area contributed by atoms with Crippen molar-refractivity contribution >= 4 is 11.8 Å². The quantitative estimate of drug-likeness (QED) is 0.625. The van der Waals surface area contributed by atoms with E-state index in [1.807, 2.05) is 34.9 Å². The smallest absolute Gasteiger partial charge is 0.196 e. The molecule has 0 amide bonds. The molecule has 0 spiro atoms. The zero-order valence-electron chi connectivity index (χ0n) is 13.2. The molecule has 1 aromatic heterocycles. The zero-order valence-corrected chi connectivity index (χ0v) is 14.0. The van der Waals surface area contributed by atoms with Crippen molar-refractivity contribution in [2.75, 3.05) is 7.11 Å². The molecule has 5 heteroatoms. The maximum atomic E-state index is 5.45. The molecule has 2 aromatic carbocycles. The Hall–Kier alpha value is -2.27. The number of para-hydroxylation sites is 2. The summed E-state index contributed by atoms with van der Waals surface area (Å²) >= 11 is 1.72. The van der Waals surface area contributed by atoms with Gasteiger partial charge in [0.2, 0.25) is 0 Å². The number of benzene rings is 2. The second-order valence-electron chi connectivity index (χ2n) is 5.08. The number of nitrogens with zero attached hydrogens (tertiary/aromatic N) is 3. The lowest BCUT2D eigenvalue weighted by atomic mass is 10.1. The summed E-state index contributed by atoms with van der Waals surface area (Å²) in [5.74, 6) is 0.807. The molecular formula is C18H19N3OS. The Kier molecular flexibility index (Phi) is 4.98. The van der Waals surface area contributed by atoms with Gasteiger partial charge in [-0.2, -0.15) is 0 Å². The van der Waals surface area contributed by atoms with Gasteiger partial charge >= 0.3 is 0 Å². The predicted octanol–water partition coefficient (Wildman–Crippen LogP) is 4.52. The van der Waals surface area contributed by atoms with Crippen LogP contribution in [0.2, 0.25) is 0 Å². The van der Waals surface area contributed by atoms with Crippen molar-refractivity contribution in [2.45, 2.75) is 23.8 Å². The standard InChI is InChI=1S/C18H19N3OS/c1-3-17(14-9-5-4-6-10-14)23-18-20-19-13-21(18)15-11-7-8-12-16(15)22-2/h4-13,17H,3H2,1-2H3/t17-/m0/s1. The minimum atomic E-state index is 0.342. The molecule has 0 radical (unpaired) electrons. The Labute approximate surface area is 140 Å². The van der Waals surface area contributed by atoms with Crippen molar-refractivity contribution in [2.24, 2.45) is 0 Å². The van der Waals surface area contributed by atoms with E-state index in [0.717, 1.165) is 23.0 Å². The van der Waals surface area contributed by atoms with Gasteiger partial charge in [-0.3, -0.25) is 4.57 Å². The first-order valence-electron chi connectivity index (χ1n) is 7.58. The van der Waals surface area contributed by atoms with Gasteiger partial charge in [-0.05, 0) is 24.1 Å². The maximum absolute atomic E-state index is 5.45. The highest BCUT2D eigenvalue weighted by molar-refractivity contribution is 7.99. The third kappa shape index (κ3) is 3.40. The van der Waals surface area contributed by atoms with E-state index in [2.05, 4.69) is 41.4 Å². The molecule has 0 unspecified atom stereocenters. The molecule has 3 aromatic rings. The zero-order chi connectivity index (χ0) is 16.1. The fourth-order valence-electron chi connectivity index (χ4n) is 2.48. The minimum absolute atomic E-state index is 0.342.